The van der Waals surface area contributed by atoms with Crippen molar-refractivity contribution in [3.8, 4) is 0 Å². The van der Waals surface area contributed by atoms with Crippen molar-refractivity contribution in [2.45, 2.75) is 65.8 Å². The molecule has 0 saturated carbocycles. The first kappa shape index (κ1) is 15.2. The fraction of sp³-hybridized carbons (Fsp3) is 0.647. The van der Waals surface area contributed by atoms with Gasteiger partial charge in [0, 0.05) is 6.04 Å². The van der Waals surface area contributed by atoms with Gasteiger partial charge in [-0.1, -0.05) is 65.8 Å². The van der Waals surface area contributed by atoms with Gasteiger partial charge in [-0.3, -0.25) is 0 Å². The number of hydrogen-bond donors (Lipinski definition) is 1. The highest BCUT2D eigenvalue weighted by Gasteiger charge is 2.20. The van der Waals surface area contributed by atoms with E-state index in [4.69, 9.17) is 5.73 Å². The molecule has 1 nitrogen and oxygen atoms in total. The van der Waals surface area contributed by atoms with Crippen LogP contribution in [0, 0.1) is 5.41 Å². The molecule has 0 spiro atoms. The van der Waals surface area contributed by atoms with Crippen molar-refractivity contribution in [2.24, 2.45) is 11.1 Å². The molecule has 102 valence electrons. The molecule has 0 aliphatic heterocycles. The largest absolute Gasteiger partial charge is 0.327 e. The summed E-state index contributed by atoms with van der Waals surface area (Å²) in [6.45, 7) is 13.4. The number of nitrogens with two attached hydrogens (primary N) is 1. The monoisotopic (exact) mass is 247 g/mol. The molecule has 2 N–H and O–H groups in total. The van der Waals surface area contributed by atoms with Gasteiger partial charge in [0.25, 0.3) is 0 Å². The van der Waals surface area contributed by atoms with E-state index in [1.165, 1.54) is 11.1 Å². The first-order valence-electron chi connectivity index (χ1n) is 6.96. The average molecular weight is 247 g/mol. The lowest BCUT2D eigenvalue weighted by Gasteiger charge is -2.27. The third-order valence-electron chi connectivity index (χ3n) is 3.68. The molecule has 1 aromatic rings. The number of rotatable bonds is 3. The van der Waals surface area contributed by atoms with Crippen LogP contribution >= 0.6 is 0 Å². The van der Waals surface area contributed by atoms with Crippen LogP contribution in [0.15, 0.2) is 24.3 Å². The molecule has 1 atom stereocenters. The van der Waals surface area contributed by atoms with Crippen LogP contribution in [-0.4, -0.2) is 6.04 Å². The van der Waals surface area contributed by atoms with Gasteiger partial charge >= 0.3 is 0 Å². The van der Waals surface area contributed by atoms with Crippen LogP contribution in [0.5, 0.6) is 0 Å². The predicted octanol–water partition coefficient (Wildman–Crippen LogP) is 4.29. The lowest BCUT2D eigenvalue weighted by Crippen LogP contribution is -2.35. The molecular weight excluding hydrogens is 218 g/mol. The van der Waals surface area contributed by atoms with Gasteiger partial charge in [0.15, 0.2) is 0 Å². The summed E-state index contributed by atoms with van der Waals surface area (Å²) in [4.78, 5) is 0. The molecular formula is C17H29N. The molecule has 0 aliphatic rings. The molecule has 1 heteroatoms. The van der Waals surface area contributed by atoms with Crippen LogP contribution in [-0.2, 0) is 11.8 Å². The van der Waals surface area contributed by atoms with E-state index in [1.807, 2.05) is 0 Å². The fourth-order valence-electron chi connectivity index (χ4n) is 1.93. The maximum absolute atomic E-state index is 6.20. The Hall–Kier alpha value is -0.820. The molecule has 1 unspecified atom stereocenters. The van der Waals surface area contributed by atoms with Gasteiger partial charge in [-0.25, -0.2) is 0 Å². The summed E-state index contributed by atoms with van der Waals surface area (Å²) in [5, 5.41) is 0. The van der Waals surface area contributed by atoms with Crippen LogP contribution in [0.2, 0.25) is 0 Å². The lowest BCUT2D eigenvalue weighted by molar-refractivity contribution is 0.306. The smallest absolute Gasteiger partial charge is 0.00908 e. The highest BCUT2D eigenvalue weighted by molar-refractivity contribution is 5.27. The van der Waals surface area contributed by atoms with Crippen molar-refractivity contribution in [3.05, 3.63) is 35.4 Å². The van der Waals surface area contributed by atoms with E-state index in [0.717, 1.165) is 12.8 Å². The van der Waals surface area contributed by atoms with Crippen LogP contribution in [0.1, 0.15) is 59.1 Å². The zero-order chi connectivity index (χ0) is 14.0. The Balaban J connectivity index is 2.60. The highest BCUT2D eigenvalue weighted by Crippen LogP contribution is 2.24. The summed E-state index contributed by atoms with van der Waals surface area (Å²) in [7, 11) is 0. The van der Waals surface area contributed by atoms with Crippen molar-refractivity contribution in [2.75, 3.05) is 0 Å². The summed E-state index contributed by atoms with van der Waals surface area (Å²) in [5.41, 5.74) is 9.42. The SMILES string of the molecule is CC(C)(C)c1ccc(CCC(N)C(C)(C)C)cc1. The summed E-state index contributed by atoms with van der Waals surface area (Å²) in [5.74, 6) is 0. The molecule has 1 aromatic carbocycles. The van der Waals surface area contributed by atoms with Crippen molar-refractivity contribution < 1.29 is 0 Å². The van der Waals surface area contributed by atoms with Crippen molar-refractivity contribution in [1.29, 1.82) is 0 Å². The van der Waals surface area contributed by atoms with Crippen LogP contribution in [0.3, 0.4) is 0 Å². The Kier molecular flexibility index (Phi) is 4.61. The second-order valence-corrected chi connectivity index (χ2v) is 7.46. The lowest BCUT2D eigenvalue weighted by atomic mass is 9.83. The Morgan fingerprint density at radius 2 is 1.44 bits per heavy atom. The molecule has 0 heterocycles. The third-order valence-corrected chi connectivity index (χ3v) is 3.68. The number of hydrogen-bond acceptors (Lipinski definition) is 1. The molecule has 0 bridgehead atoms. The maximum Gasteiger partial charge on any atom is 0.00908 e. The molecule has 0 saturated heterocycles. The second kappa shape index (κ2) is 5.44. The standard InChI is InChI=1S/C17H29N/c1-16(2,3)14-10-7-13(8-11-14)9-12-15(18)17(4,5)6/h7-8,10-11,15H,9,12,18H2,1-6H3. The Bertz CT molecular complexity index is 362. The zero-order valence-corrected chi connectivity index (χ0v) is 12.9. The van der Waals surface area contributed by atoms with Gasteiger partial charge in [0.05, 0.1) is 0 Å². The molecule has 1 rings (SSSR count). The molecule has 0 aromatic heterocycles. The Morgan fingerprint density at radius 3 is 1.83 bits per heavy atom. The van der Waals surface area contributed by atoms with Crippen LogP contribution < -0.4 is 5.73 Å². The molecule has 0 radical (unpaired) electrons. The van der Waals surface area contributed by atoms with Gasteiger partial charge in [0.1, 0.15) is 0 Å². The molecule has 18 heavy (non-hydrogen) atoms. The first-order chi connectivity index (χ1) is 8.10. The van der Waals surface area contributed by atoms with Gasteiger partial charge < -0.3 is 5.73 Å². The minimum atomic E-state index is 0.200. The van der Waals surface area contributed by atoms with Crippen molar-refractivity contribution in [3.63, 3.8) is 0 Å². The summed E-state index contributed by atoms with van der Waals surface area (Å²) >= 11 is 0. The minimum Gasteiger partial charge on any atom is -0.327 e. The molecule has 0 fully saturated rings. The van der Waals surface area contributed by atoms with Gasteiger partial charge in [-0.05, 0) is 34.8 Å². The van der Waals surface area contributed by atoms with E-state index in [2.05, 4.69) is 65.8 Å². The zero-order valence-electron chi connectivity index (χ0n) is 12.9. The molecule has 0 amide bonds. The fourth-order valence-corrected chi connectivity index (χ4v) is 1.93. The van der Waals surface area contributed by atoms with E-state index < -0.39 is 0 Å². The van der Waals surface area contributed by atoms with Gasteiger partial charge in [-0.15, -0.1) is 0 Å². The minimum absolute atomic E-state index is 0.200. The van der Waals surface area contributed by atoms with E-state index in [1.54, 1.807) is 0 Å². The molecule has 0 aliphatic carbocycles. The summed E-state index contributed by atoms with van der Waals surface area (Å²) in [6, 6.07) is 9.25. The second-order valence-electron chi connectivity index (χ2n) is 7.46. The third kappa shape index (κ3) is 4.45. The summed E-state index contributed by atoms with van der Waals surface area (Å²) < 4.78 is 0. The number of aryl methyl sites for hydroxylation is 1. The topological polar surface area (TPSA) is 26.0 Å². The first-order valence-corrected chi connectivity index (χ1v) is 6.96. The van der Waals surface area contributed by atoms with E-state index >= 15 is 0 Å². The quantitative estimate of drug-likeness (QED) is 0.847. The normalized spacial score (nSPS) is 14.6. The number of benzene rings is 1. The van der Waals surface area contributed by atoms with Gasteiger partial charge in [0.2, 0.25) is 0 Å². The van der Waals surface area contributed by atoms with Crippen molar-refractivity contribution in [1.82, 2.24) is 0 Å². The summed E-state index contributed by atoms with van der Waals surface area (Å²) in [6.07, 6.45) is 2.13. The van der Waals surface area contributed by atoms with Crippen molar-refractivity contribution >= 4 is 0 Å². The Labute approximate surface area is 113 Å². The highest BCUT2D eigenvalue weighted by atomic mass is 14.7. The maximum atomic E-state index is 6.20. The van der Waals surface area contributed by atoms with E-state index in [9.17, 15) is 0 Å². The Morgan fingerprint density at radius 1 is 0.944 bits per heavy atom. The van der Waals surface area contributed by atoms with Crippen LogP contribution in [0.25, 0.3) is 0 Å². The van der Waals surface area contributed by atoms with Crippen LogP contribution in [0.4, 0.5) is 0 Å². The van der Waals surface area contributed by atoms with E-state index in [0.29, 0.717) is 0 Å². The predicted molar refractivity (Wildman–Crippen MR) is 80.9 cm³/mol. The average Bonchev–Trinajstić information content (AvgIpc) is 2.24. The van der Waals surface area contributed by atoms with Gasteiger partial charge in [-0.2, -0.15) is 0 Å². The van der Waals surface area contributed by atoms with E-state index in [-0.39, 0.29) is 16.9 Å².